The third kappa shape index (κ3) is 2.58. The molecule has 3 nitrogen and oxygen atoms in total. The highest BCUT2D eigenvalue weighted by Gasteiger charge is 2.15. The molecule has 0 unspecified atom stereocenters. The van der Waals surface area contributed by atoms with Gasteiger partial charge in [-0.2, -0.15) is 0 Å². The van der Waals surface area contributed by atoms with Gasteiger partial charge in [-0.3, -0.25) is 0 Å². The van der Waals surface area contributed by atoms with Gasteiger partial charge >= 0.3 is 7.32 Å². The normalized spacial score (nSPS) is 9.92. The minimum absolute atomic E-state index is 0.239. The lowest BCUT2D eigenvalue weighted by Gasteiger charge is -2.07. The summed E-state index contributed by atoms with van der Waals surface area (Å²) in [5.74, 6) is -0.972. The van der Waals surface area contributed by atoms with Crippen molar-refractivity contribution in [2.45, 2.75) is 6.92 Å². The number of rotatable bonds is 2. The van der Waals surface area contributed by atoms with Crippen LogP contribution >= 0.6 is 11.6 Å². The van der Waals surface area contributed by atoms with Gasteiger partial charge in [-0.15, -0.1) is 0 Å². The van der Waals surface area contributed by atoms with Gasteiger partial charge in [0.2, 0.25) is 0 Å². The van der Waals surface area contributed by atoms with Crippen molar-refractivity contribution in [3.63, 3.8) is 0 Å². The third-order valence-electron chi connectivity index (χ3n) is 1.45. The molecule has 0 aliphatic heterocycles. The molecule has 0 bridgehead atoms. The molecule has 0 saturated carbocycles. The average Bonchev–Trinajstić information content (AvgIpc) is 1.99. The Bertz CT molecular complexity index is 319. The molecule has 2 N–H and O–H groups in total. The van der Waals surface area contributed by atoms with Crippen LogP contribution in [0.15, 0.2) is 12.1 Å². The molecule has 0 aliphatic rings. The summed E-state index contributed by atoms with van der Waals surface area (Å²) in [4.78, 5) is 0. The van der Waals surface area contributed by atoms with Gasteiger partial charge in [-0.1, -0.05) is 11.6 Å². The second-order valence-electron chi connectivity index (χ2n) is 2.48. The van der Waals surface area contributed by atoms with Crippen molar-refractivity contribution in [1.29, 1.82) is 0 Å². The lowest BCUT2D eigenvalue weighted by molar-refractivity contribution is 0.281. The Hall–Kier alpha value is -0.775. The van der Waals surface area contributed by atoms with Gasteiger partial charge in [0.1, 0.15) is 5.75 Å². The fraction of sp³-hybridized carbons (Fsp3) is 0.143. The summed E-state index contributed by atoms with van der Waals surface area (Å²) < 4.78 is 17.3. The van der Waals surface area contributed by atoms with Crippen molar-refractivity contribution >= 4 is 18.9 Å². The van der Waals surface area contributed by atoms with Crippen molar-refractivity contribution in [3.05, 3.63) is 28.5 Å². The molecule has 1 aromatic carbocycles. The molecule has 0 fully saturated rings. The average molecular weight is 204 g/mol. The first-order valence-corrected chi connectivity index (χ1v) is 3.87. The minimum Gasteiger partial charge on any atom is -0.510 e. The van der Waals surface area contributed by atoms with Crippen molar-refractivity contribution < 1.29 is 19.1 Å². The maximum Gasteiger partial charge on any atom is 0.707 e. The molecule has 13 heavy (non-hydrogen) atoms. The standard InChI is InChI=1S/C7H7BClFO3/c1-4-2-7(13-8(11)12)6(10)3-5(4)9/h2-3,11-12H,1H3. The Morgan fingerprint density at radius 2 is 2.08 bits per heavy atom. The molecular weight excluding hydrogens is 197 g/mol. The van der Waals surface area contributed by atoms with Crippen LogP contribution in [-0.2, 0) is 0 Å². The monoisotopic (exact) mass is 204 g/mol. The molecule has 0 heterocycles. The maximum absolute atomic E-state index is 13.0. The number of aryl methyl sites for hydroxylation is 1. The smallest absolute Gasteiger partial charge is 0.510 e. The highest BCUT2D eigenvalue weighted by atomic mass is 35.5. The highest BCUT2D eigenvalue weighted by Crippen LogP contribution is 2.25. The molecule has 1 aromatic rings. The largest absolute Gasteiger partial charge is 0.707 e. The van der Waals surface area contributed by atoms with E-state index in [0.717, 1.165) is 6.07 Å². The van der Waals surface area contributed by atoms with Crippen LogP contribution in [0.3, 0.4) is 0 Å². The lowest BCUT2D eigenvalue weighted by Crippen LogP contribution is -2.21. The topological polar surface area (TPSA) is 49.7 Å². The molecule has 0 spiro atoms. The first-order valence-electron chi connectivity index (χ1n) is 3.49. The summed E-state index contributed by atoms with van der Waals surface area (Å²) in [6.45, 7) is 1.65. The zero-order chi connectivity index (χ0) is 10.0. The second kappa shape index (κ2) is 3.96. The molecule has 0 amide bonds. The minimum atomic E-state index is -2.03. The summed E-state index contributed by atoms with van der Waals surface area (Å²) in [5, 5.41) is 17.1. The second-order valence-corrected chi connectivity index (χ2v) is 2.88. The Balaban J connectivity index is 3.01. The SMILES string of the molecule is Cc1cc(OB(O)O)c(F)cc1Cl. The number of hydrogen-bond acceptors (Lipinski definition) is 3. The van der Waals surface area contributed by atoms with E-state index in [1.165, 1.54) is 6.07 Å². The van der Waals surface area contributed by atoms with Gasteiger partial charge in [-0.25, -0.2) is 4.39 Å². The van der Waals surface area contributed by atoms with Gasteiger partial charge in [-0.05, 0) is 24.6 Å². The van der Waals surface area contributed by atoms with Crippen LogP contribution < -0.4 is 4.65 Å². The molecule has 0 aliphatic carbocycles. The number of hydrogen-bond donors (Lipinski definition) is 2. The maximum atomic E-state index is 13.0. The first-order chi connectivity index (χ1) is 6.00. The summed E-state index contributed by atoms with van der Waals surface area (Å²) >= 11 is 5.60. The van der Waals surface area contributed by atoms with Crippen LogP contribution in [0.25, 0.3) is 0 Å². The zero-order valence-corrected chi connectivity index (χ0v) is 7.55. The van der Waals surface area contributed by atoms with Crippen molar-refractivity contribution in [2.24, 2.45) is 0 Å². The number of halogens is 2. The lowest BCUT2D eigenvalue weighted by atomic mass is 10.2. The quantitative estimate of drug-likeness (QED) is 0.710. The first kappa shape index (κ1) is 10.3. The summed E-state index contributed by atoms with van der Waals surface area (Å²) in [6.07, 6.45) is 0. The third-order valence-corrected chi connectivity index (χ3v) is 1.85. The van der Waals surface area contributed by atoms with E-state index in [1.807, 2.05) is 0 Å². The van der Waals surface area contributed by atoms with Crippen LogP contribution in [0, 0.1) is 12.7 Å². The van der Waals surface area contributed by atoms with Crippen LogP contribution in [0.1, 0.15) is 5.56 Å². The van der Waals surface area contributed by atoms with Crippen molar-refractivity contribution in [1.82, 2.24) is 0 Å². The molecule has 0 atom stereocenters. The van der Waals surface area contributed by atoms with Crippen LogP contribution in [0.5, 0.6) is 5.75 Å². The van der Waals surface area contributed by atoms with Gasteiger partial charge < -0.3 is 14.7 Å². The van der Waals surface area contributed by atoms with E-state index in [9.17, 15) is 4.39 Å². The number of benzene rings is 1. The summed E-state index contributed by atoms with van der Waals surface area (Å²) in [6, 6.07) is 2.34. The van der Waals surface area contributed by atoms with Crippen molar-refractivity contribution in [2.75, 3.05) is 0 Å². The van der Waals surface area contributed by atoms with Crippen LogP contribution in [-0.4, -0.2) is 17.4 Å². The summed E-state index contributed by atoms with van der Waals surface area (Å²) in [5.41, 5.74) is 0.596. The van der Waals surface area contributed by atoms with Crippen molar-refractivity contribution in [3.8, 4) is 5.75 Å². The zero-order valence-electron chi connectivity index (χ0n) is 6.79. The molecule has 0 saturated heterocycles. The molecule has 0 radical (unpaired) electrons. The summed E-state index contributed by atoms with van der Waals surface area (Å²) in [7, 11) is -2.03. The van der Waals surface area contributed by atoms with E-state index in [0.29, 0.717) is 5.56 Å². The molecule has 0 aromatic heterocycles. The van der Waals surface area contributed by atoms with Crippen LogP contribution in [0.4, 0.5) is 4.39 Å². The van der Waals surface area contributed by atoms with Crippen LogP contribution in [0.2, 0.25) is 5.02 Å². The van der Waals surface area contributed by atoms with E-state index in [4.69, 9.17) is 21.6 Å². The van der Waals surface area contributed by atoms with E-state index in [-0.39, 0.29) is 10.8 Å². The highest BCUT2D eigenvalue weighted by molar-refractivity contribution is 6.34. The Morgan fingerprint density at radius 1 is 1.46 bits per heavy atom. The predicted octanol–water partition coefficient (Wildman–Crippen LogP) is 1.14. The Morgan fingerprint density at radius 3 is 2.62 bits per heavy atom. The molecular formula is C7H7BClFO3. The Labute approximate surface area is 79.9 Å². The fourth-order valence-electron chi connectivity index (χ4n) is 0.835. The fourth-order valence-corrected chi connectivity index (χ4v) is 0.985. The molecule has 6 heteroatoms. The van der Waals surface area contributed by atoms with E-state index in [2.05, 4.69) is 4.65 Å². The molecule has 1 rings (SSSR count). The van der Waals surface area contributed by atoms with E-state index >= 15 is 0 Å². The Kier molecular flexibility index (Phi) is 3.14. The van der Waals surface area contributed by atoms with E-state index < -0.39 is 13.1 Å². The predicted molar refractivity (Wildman–Crippen MR) is 47.0 cm³/mol. The van der Waals surface area contributed by atoms with Gasteiger partial charge in [0.05, 0.1) is 0 Å². The van der Waals surface area contributed by atoms with Gasteiger partial charge in [0.25, 0.3) is 0 Å². The van der Waals surface area contributed by atoms with E-state index in [1.54, 1.807) is 6.92 Å². The molecule has 70 valence electrons. The van der Waals surface area contributed by atoms with Gasteiger partial charge in [0.15, 0.2) is 5.82 Å². The van der Waals surface area contributed by atoms with Gasteiger partial charge in [0, 0.05) is 5.02 Å².